The zero-order valence-electron chi connectivity index (χ0n) is 15.3. The van der Waals surface area contributed by atoms with Crippen molar-refractivity contribution >= 4 is 24.3 Å². The third-order valence-electron chi connectivity index (χ3n) is 4.73. The molecule has 1 aliphatic carbocycles. The van der Waals surface area contributed by atoms with Gasteiger partial charge in [-0.25, -0.2) is 5.43 Å². The molecule has 1 fully saturated rings. The minimum Gasteiger partial charge on any atom is -0.494 e. The monoisotopic (exact) mass is 380 g/mol. The van der Waals surface area contributed by atoms with Crippen molar-refractivity contribution in [3.05, 3.63) is 20.7 Å². The molecule has 1 aromatic heterocycles. The molecule has 8 heteroatoms. The van der Waals surface area contributed by atoms with Crippen LogP contribution in [0.1, 0.15) is 82.7 Å². The Morgan fingerprint density at radius 3 is 2.77 bits per heavy atom. The third kappa shape index (κ3) is 5.52. The standard InChI is InChI=1S/C18H28N4O3S/c1-2-3-4-8-11-15(23)21-19-12-14-16(24)20-18(26)22(17(14)25)13-9-6-5-7-10-13/h12-13,25H,2-11H2,1H3,(H,21,23)(H,20,24,26). The summed E-state index contributed by atoms with van der Waals surface area (Å²) in [6, 6.07) is 0.0772. The first-order valence-corrected chi connectivity index (χ1v) is 9.85. The number of carbonyl (C=O) groups excluding carboxylic acids is 1. The molecule has 3 N–H and O–H groups in total. The van der Waals surface area contributed by atoms with Crippen molar-refractivity contribution in [1.82, 2.24) is 15.0 Å². The van der Waals surface area contributed by atoms with Crippen molar-refractivity contribution < 1.29 is 9.90 Å². The lowest BCUT2D eigenvalue weighted by Gasteiger charge is -2.25. The van der Waals surface area contributed by atoms with Gasteiger partial charge in [-0.05, 0) is 31.5 Å². The highest BCUT2D eigenvalue weighted by atomic mass is 32.1. The smallest absolute Gasteiger partial charge is 0.264 e. The summed E-state index contributed by atoms with van der Waals surface area (Å²) in [5.74, 6) is -0.389. The summed E-state index contributed by atoms with van der Waals surface area (Å²) in [6.07, 6.45) is 10.8. The van der Waals surface area contributed by atoms with Gasteiger partial charge in [-0.3, -0.25) is 19.1 Å². The summed E-state index contributed by atoms with van der Waals surface area (Å²) in [4.78, 5) is 26.4. The molecular formula is C18H28N4O3S. The molecule has 1 saturated carbocycles. The van der Waals surface area contributed by atoms with Crippen LogP contribution in [0.25, 0.3) is 0 Å². The summed E-state index contributed by atoms with van der Waals surface area (Å²) < 4.78 is 1.82. The Bertz CT molecular complexity index is 748. The first-order chi connectivity index (χ1) is 12.5. The van der Waals surface area contributed by atoms with Gasteiger partial charge < -0.3 is 5.11 Å². The Balaban J connectivity index is 2.07. The van der Waals surface area contributed by atoms with Gasteiger partial charge in [0.2, 0.25) is 11.8 Å². The van der Waals surface area contributed by atoms with E-state index in [0.717, 1.165) is 51.4 Å². The number of amides is 1. The zero-order chi connectivity index (χ0) is 18.9. The third-order valence-corrected chi connectivity index (χ3v) is 5.03. The molecule has 7 nitrogen and oxygen atoms in total. The minimum atomic E-state index is -0.513. The number of carbonyl (C=O) groups is 1. The SMILES string of the molecule is CCCCCCC(=O)NN=Cc1c(O)n(C2CCCCC2)c(=S)[nH]c1=O. The van der Waals surface area contributed by atoms with Crippen LogP contribution in [0.3, 0.4) is 0 Å². The first-order valence-electron chi connectivity index (χ1n) is 9.44. The van der Waals surface area contributed by atoms with Crippen LogP contribution in [-0.2, 0) is 4.79 Å². The van der Waals surface area contributed by atoms with Crippen molar-refractivity contribution in [2.24, 2.45) is 5.10 Å². The number of unbranched alkanes of at least 4 members (excludes halogenated alkanes) is 3. The molecule has 1 aliphatic rings. The van der Waals surface area contributed by atoms with Gasteiger partial charge in [0, 0.05) is 12.5 Å². The fourth-order valence-electron chi connectivity index (χ4n) is 3.28. The highest BCUT2D eigenvalue weighted by molar-refractivity contribution is 7.71. The van der Waals surface area contributed by atoms with Crippen molar-refractivity contribution in [3.8, 4) is 5.88 Å². The molecule has 0 aromatic carbocycles. The summed E-state index contributed by atoms with van der Waals surface area (Å²) in [5, 5.41) is 14.4. The molecule has 0 unspecified atom stereocenters. The second-order valence-electron chi connectivity index (χ2n) is 6.76. The number of aromatic amines is 1. The zero-order valence-corrected chi connectivity index (χ0v) is 16.1. The summed E-state index contributed by atoms with van der Waals surface area (Å²) in [5.41, 5.74) is 1.90. The van der Waals surface area contributed by atoms with Gasteiger partial charge in [0.25, 0.3) is 5.56 Å². The average molecular weight is 381 g/mol. The topological polar surface area (TPSA) is 99.5 Å². The van der Waals surface area contributed by atoms with E-state index in [1.54, 1.807) is 4.57 Å². The number of hydrogen-bond donors (Lipinski definition) is 3. The van der Waals surface area contributed by atoms with Crippen LogP contribution in [0, 0.1) is 4.77 Å². The molecule has 2 rings (SSSR count). The van der Waals surface area contributed by atoms with Crippen molar-refractivity contribution in [2.75, 3.05) is 0 Å². The highest BCUT2D eigenvalue weighted by Gasteiger charge is 2.21. The molecule has 144 valence electrons. The first kappa shape index (κ1) is 20.4. The van der Waals surface area contributed by atoms with Crippen molar-refractivity contribution in [1.29, 1.82) is 0 Å². The molecule has 0 atom stereocenters. The lowest BCUT2D eigenvalue weighted by atomic mass is 9.95. The number of nitrogens with zero attached hydrogens (tertiary/aromatic N) is 2. The minimum absolute atomic E-state index is 0.00968. The lowest BCUT2D eigenvalue weighted by Crippen LogP contribution is -2.24. The molecule has 1 heterocycles. The maximum absolute atomic E-state index is 12.1. The number of rotatable bonds is 8. The Hall–Kier alpha value is -1.96. The van der Waals surface area contributed by atoms with Crippen molar-refractivity contribution in [2.45, 2.75) is 77.2 Å². The van der Waals surface area contributed by atoms with Crippen LogP contribution in [0.4, 0.5) is 0 Å². The maximum atomic E-state index is 12.1. The van der Waals surface area contributed by atoms with Gasteiger partial charge >= 0.3 is 0 Å². The van der Waals surface area contributed by atoms with Crippen LogP contribution in [0.2, 0.25) is 0 Å². The van der Waals surface area contributed by atoms with Crippen molar-refractivity contribution in [3.63, 3.8) is 0 Å². The molecular weight excluding hydrogens is 352 g/mol. The van der Waals surface area contributed by atoms with Gasteiger partial charge in [-0.1, -0.05) is 45.4 Å². The number of aromatic hydroxyl groups is 1. The predicted octanol–water partition coefficient (Wildman–Crippen LogP) is 3.54. The molecule has 0 saturated heterocycles. The van der Waals surface area contributed by atoms with E-state index in [-0.39, 0.29) is 28.2 Å². The van der Waals surface area contributed by atoms with Gasteiger partial charge in [-0.15, -0.1) is 0 Å². The summed E-state index contributed by atoms with van der Waals surface area (Å²) in [6.45, 7) is 2.11. The number of H-pyrrole nitrogens is 1. The number of nitrogens with one attached hydrogen (secondary N) is 2. The maximum Gasteiger partial charge on any atom is 0.264 e. The quantitative estimate of drug-likeness (QED) is 0.278. The molecule has 1 amide bonds. The van der Waals surface area contributed by atoms with Crippen LogP contribution in [0.15, 0.2) is 9.90 Å². The van der Waals surface area contributed by atoms with Crippen LogP contribution < -0.4 is 11.0 Å². The van der Waals surface area contributed by atoms with E-state index in [0.29, 0.717) is 6.42 Å². The van der Waals surface area contributed by atoms with Gasteiger partial charge in [0.15, 0.2) is 4.77 Å². The molecule has 0 radical (unpaired) electrons. The number of hydrazone groups is 1. The summed E-state index contributed by atoms with van der Waals surface area (Å²) >= 11 is 5.22. The van der Waals surface area contributed by atoms with E-state index in [2.05, 4.69) is 22.4 Å². The van der Waals surface area contributed by atoms with E-state index < -0.39 is 5.56 Å². The molecule has 0 aliphatic heterocycles. The van der Waals surface area contributed by atoms with E-state index in [1.165, 1.54) is 12.6 Å². The molecule has 1 aromatic rings. The van der Waals surface area contributed by atoms with E-state index >= 15 is 0 Å². The molecule has 26 heavy (non-hydrogen) atoms. The fraction of sp³-hybridized carbons (Fsp3) is 0.667. The fourth-order valence-corrected chi connectivity index (χ4v) is 3.61. The Morgan fingerprint density at radius 2 is 2.08 bits per heavy atom. The van der Waals surface area contributed by atoms with Crippen LogP contribution >= 0.6 is 12.2 Å². The number of hydrogen-bond acceptors (Lipinski definition) is 5. The van der Waals surface area contributed by atoms with E-state index in [4.69, 9.17) is 12.2 Å². The second-order valence-corrected chi connectivity index (χ2v) is 7.15. The number of aromatic nitrogens is 2. The average Bonchev–Trinajstić information content (AvgIpc) is 2.62. The Morgan fingerprint density at radius 1 is 1.35 bits per heavy atom. The largest absolute Gasteiger partial charge is 0.494 e. The van der Waals surface area contributed by atoms with Gasteiger partial charge in [0.05, 0.1) is 6.21 Å². The van der Waals surface area contributed by atoms with Crippen LogP contribution in [0.5, 0.6) is 5.88 Å². The Labute approximate surface area is 158 Å². The second kappa shape index (κ2) is 10.3. The normalized spacial score (nSPS) is 15.4. The molecule has 0 spiro atoms. The van der Waals surface area contributed by atoms with E-state index in [9.17, 15) is 14.7 Å². The van der Waals surface area contributed by atoms with Crippen LogP contribution in [-0.4, -0.2) is 26.8 Å². The van der Waals surface area contributed by atoms with Gasteiger partial charge in [-0.2, -0.15) is 5.10 Å². The lowest BCUT2D eigenvalue weighted by molar-refractivity contribution is -0.121. The highest BCUT2D eigenvalue weighted by Crippen LogP contribution is 2.31. The van der Waals surface area contributed by atoms with Gasteiger partial charge in [0.1, 0.15) is 5.56 Å². The molecule has 0 bridgehead atoms. The summed E-state index contributed by atoms with van der Waals surface area (Å²) in [7, 11) is 0. The van der Waals surface area contributed by atoms with E-state index in [1.807, 2.05) is 0 Å². The Kier molecular flexibility index (Phi) is 8.03. The predicted molar refractivity (Wildman–Crippen MR) is 104 cm³/mol.